The molecular formula is C32H40F3N3O3S. The zero-order valence-corrected chi connectivity index (χ0v) is 26.0. The molecule has 1 heterocycles. The van der Waals surface area contributed by atoms with Crippen LogP contribution in [0.5, 0.6) is 0 Å². The van der Waals surface area contributed by atoms with Crippen molar-refractivity contribution in [3.63, 3.8) is 0 Å². The molecule has 0 unspecified atom stereocenters. The molecule has 6 nitrogen and oxygen atoms in total. The Morgan fingerprint density at radius 2 is 1.24 bits per heavy atom. The number of aryl methyl sites for hydroxylation is 2. The first kappa shape index (κ1) is 36.3. The van der Waals surface area contributed by atoms with Crippen molar-refractivity contribution in [1.29, 1.82) is 0 Å². The summed E-state index contributed by atoms with van der Waals surface area (Å²) in [5.74, 6) is 0.125. The van der Waals surface area contributed by atoms with Crippen LogP contribution < -0.4 is 5.14 Å². The Balaban J connectivity index is 0.000000455. The third-order valence-electron chi connectivity index (χ3n) is 5.22. The highest BCUT2D eigenvalue weighted by atomic mass is 32.2. The molecule has 0 aliphatic carbocycles. The second-order valence-corrected chi connectivity index (χ2v) is 11.1. The number of hydrogen-bond donors (Lipinski definition) is 1. The fourth-order valence-electron chi connectivity index (χ4n) is 3.21. The van der Waals surface area contributed by atoms with Gasteiger partial charge in [-0.2, -0.15) is 18.3 Å². The highest BCUT2D eigenvalue weighted by Crippen LogP contribution is 2.33. The van der Waals surface area contributed by atoms with E-state index in [1.165, 1.54) is 42.7 Å². The number of benzene rings is 3. The maximum absolute atomic E-state index is 13.1. The lowest BCUT2D eigenvalue weighted by molar-refractivity contribution is -0.141. The van der Waals surface area contributed by atoms with Gasteiger partial charge in [0, 0.05) is 11.1 Å². The van der Waals surface area contributed by atoms with Crippen LogP contribution in [0.2, 0.25) is 0 Å². The number of aromatic nitrogens is 2. The minimum Gasteiger partial charge on any atom is -0.295 e. The average Bonchev–Trinajstić information content (AvgIpc) is 3.37. The largest absolute Gasteiger partial charge is 0.435 e. The van der Waals surface area contributed by atoms with Gasteiger partial charge < -0.3 is 0 Å². The molecule has 0 atom stereocenters. The number of alkyl halides is 3. The van der Waals surface area contributed by atoms with Crippen molar-refractivity contribution < 1.29 is 26.4 Å². The van der Waals surface area contributed by atoms with Crippen LogP contribution in [0.1, 0.15) is 74.6 Å². The first-order valence-corrected chi connectivity index (χ1v) is 15.1. The molecule has 42 heavy (non-hydrogen) atoms. The normalized spacial score (nSPS) is 10.7. The monoisotopic (exact) mass is 603 g/mol. The molecule has 0 aliphatic heterocycles. The zero-order chi connectivity index (χ0) is 32.1. The van der Waals surface area contributed by atoms with Gasteiger partial charge in [0.2, 0.25) is 10.0 Å². The Kier molecular flexibility index (Phi) is 14.4. The van der Waals surface area contributed by atoms with E-state index in [1.54, 1.807) is 31.2 Å². The van der Waals surface area contributed by atoms with Crippen LogP contribution >= 0.6 is 0 Å². The summed E-state index contributed by atoms with van der Waals surface area (Å²) in [7, 11) is -3.90. The second-order valence-electron chi connectivity index (χ2n) is 9.57. The maximum atomic E-state index is 13.1. The van der Waals surface area contributed by atoms with Gasteiger partial charge >= 0.3 is 6.18 Å². The van der Waals surface area contributed by atoms with Gasteiger partial charge in [-0.05, 0) is 51.1 Å². The number of carbonyl (C=O) groups excluding carboxylic acids is 1. The van der Waals surface area contributed by atoms with Crippen molar-refractivity contribution in [2.45, 2.75) is 72.4 Å². The Labute approximate surface area is 247 Å². The van der Waals surface area contributed by atoms with Gasteiger partial charge in [-0.25, -0.2) is 18.2 Å². The Morgan fingerprint density at radius 1 is 0.810 bits per heavy atom. The van der Waals surface area contributed by atoms with Crippen LogP contribution in [0.15, 0.2) is 83.8 Å². The molecule has 0 saturated carbocycles. The van der Waals surface area contributed by atoms with E-state index in [4.69, 9.17) is 5.14 Å². The van der Waals surface area contributed by atoms with Gasteiger partial charge in [-0.15, -0.1) is 0 Å². The summed E-state index contributed by atoms with van der Waals surface area (Å²) >= 11 is 0. The van der Waals surface area contributed by atoms with E-state index in [1.807, 2.05) is 38.1 Å². The number of Topliss-reactive ketones (excluding diaryl/α,β-unsaturated/α-hetero) is 1. The second kappa shape index (κ2) is 16.6. The van der Waals surface area contributed by atoms with Crippen molar-refractivity contribution in [1.82, 2.24) is 9.78 Å². The third kappa shape index (κ3) is 11.6. The fraction of sp³-hybridized carbons (Fsp3) is 0.312. The molecule has 0 aliphatic rings. The Hall–Kier alpha value is -3.76. The summed E-state index contributed by atoms with van der Waals surface area (Å²) in [5, 5.41) is 8.70. The summed E-state index contributed by atoms with van der Waals surface area (Å²) in [6.45, 7) is 13.9. The Bertz CT molecular complexity index is 1490. The van der Waals surface area contributed by atoms with Crippen molar-refractivity contribution in [3.05, 3.63) is 101 Å². The SMILES string of the molecule is CC(=O)c1ccc(C)cc1.CCC.CCC.Cc1ccc(-c2cc(C(F)(F)F)nn2-c2ccc(S(N)(=O)=O)cc2)cc1. The minimum absolute atomic E-state index is 0.125. The molecule has 4 rings (SSSR count). The van der Waals surface area contributed by atoms with E-state index in [0.717, 1.165) is 21.9 Å². The van der Waals surface area contributed by atoms with Gasteiger partial charge in [0.05, 0.1) is 16.3 Å². The van der Waals surface area contributed by atoms with Gasteiger partial charge in [-0.1, -0.05) is 100 Å². The highest BCUT2D eigenvalue weighted by Gasteiger charge is 2.35. The van der Waals surface area contributed by atoms with Crippen molar-refractivity contribution in [2.75, 3.05) is 0 Å². The molecule has 0 spiro atoms. The lowest BCUT2D eigenvalue weighted by Crippen LogP contribution is -2.12. The molecule has 0 amide bonds. The molecule has 0 saturated heterocycles. The quantitative estimate of drug-likeness (QED) is 0.237. The van der Waals surface area contributed by atoms with E-state index in [0.29, 0.717) is 5.56 Å². The number of sulfonamides is 1. The van der Waals surface area contributed by atoms with Gasteiger partial charge in [0.25, 0.3) is 0 Å². The lowest BCUT2D eigenvalue weighted by Gasteiger charge is -2.09. The molecule has 1 aromatic heterocycles. The Morgan fingerprint density at radius 3 is 1.62 bits per heavy atom. The standard InChI is InChI=1S/C17H14F3N3O2S.C9H10O.2C3H8/c1-11-2-4-12(5-3-11)15-10-16(17(18,19)20)22-23(15)13-6-8-14(9-7-13)26(21,24)25;1-7-3-5-9(6-4-7)8(2)10;2*1-3-2/h2-10H,1H3,(H2,21,24,25);3-6H,1-2H3;2*3H2,1-2H3. The van der Waals surface area contributed by atoms with E-state index in [9.17, 15) is 26.4 Å². The molecule has 10 heteroatoms. The van der Waals surface area contributed by atoms with Gasteiger partial charge in [0.15, 0.2) is 11.5 Å². The van der Waals surface area contributed by atoms with Crippen molar-refractivity contribution in [2.24, 2.45) is 5.14 Å². The van der Waals surface area contributed by atoms with Crippen LogP contribution in [-0.2, 0) is 16.2 Å². The summed E-state index contributed by atoms with van der Waals surface area (Å²) in [6, 6.07) is 20.6. The first-order chi connectivity index (χ1) is 19.6. The van der Waals surface area contributed by atoms with Gasteiger partial charge in [0.1, 0.15) is 0 Å². The van der Waals surface area contributed by atoms with E-state index < -0.39 is 21.9 Å². The number of carbonyl (C=O) groups is 1. The number of halogens is 3. The van der Waals surface area contributed by atoms with Crippen LogP contribution in [0, 0.1) is 13.8 Å². The van der Waals surface area contributed by atoms with Crippen LogP contribution in [0.25, 0.3) is 16.9 Å². The number of primary sulfonamides is 1. The number of ketones is 1. The van der Waals surface area contributed by atoms with E-state index in [-0.39, 0.29) is 22.1 Å². The number of rotatable bonds is 4. The van der Waals surface area contributed by atoms with Crippen LogP contribution in [-0.4, -0.2) is 24.0 Å². The predicted octanol–water partition coefficient (Wildman–Crippen LogP) is 8.54. The molecule has 3 aromatic carbocycles. The third-order valence-corrected chi connectivity index (χ3v) is 6.14. The maximum Gasteiger partial charge on any atom is 0.435 e. The van der Waals surface area contributed by atoms with E-state index >= 15 is 0 Å². The molecule has 0 bridgehead atoms. The number of hydrogen-bond acceptors (Lipinski definition) is 4. The minimum atomic E-state index is -4.61. The average molecular weight is 604 g/mol. The zero-order valence-electron chi connectivity index (χ0n) is 25.2. The summed E-state index contributed by atoms with van der Waals surface area (Å²) in [5.41, 5.74) is 2.96. The fourth-order valence-corrected chi connectivity index (χ4v) is 3.73. The summed E-state index contributed by atoms with van der Waals surface area (Å²) in [4.78, 5) is 10.6. The molecule has 4 aromatic rings. The van der Waals surface area contributed by atoms with E-state index in [2.05, 4.69) is 32.8 Å². The first-order valence-electron chi connectivity index (χ1n) is 13.5. The molecule has 2 N–H and O–H groups in total. The van der Waals surface area contributed by atoms with Crippen LogP contribution in [0.4, 0.5) is 13.2 Å². The van der Waals surface area contributed by atoms with Crippen LogP contribution in [0.3, 0.4) is 0 Å². The lowest BCUT2D eigenvalue weighted by atomic mass is 10.1. The molecular weight excluding hydrogens is 563 g/mol. The van der Waals surface area contributed by atoms with Gasteiger partial charge in [-0.3, -0.25) is 4.79 Å². The molecule has 228 valence electrons. The highest BCUT2D eigenvalue weighted by molar-refractivity contribution is 7.89. The number of nitrogens with two attached hydrogens (primary N) is 1. The summed E-state index contributed by atoms with van der Waals surface area (Å²) in [6.07, 6.45) is -2.11. The summed E-state index contributed by atoms with van der Waals surface area (Å²) < 4.78 is 63.2. The molecule has 0 radical (unpaired) electrons. The van der Waals surface area contributed by atoms with Crippen molar-refractivity contribution >= 4 is 15.8 Å². The molecule has 0 fully saturated rings. The smallest absolute Gasteiger partial charge is 0.295 e. The number of nitrogens with zero attached hydrogens (tertiary/aromatic N) is 2. The predicted molar refractivity (Wildman–Crippen MR) is 163 cm³/mol. The topological polar surface area (TPSA) is 95.0 Å². The van der Waals surface area contributed by atoms with Crippen molar-refractivity contribution in [3.8, 4) is 16.9 Å².